The molecule has 32 heavy (non-hydrogen) atoms. The maximum absolute atomic E-state index is 13.2. The Balaban J connectivity index is 1.58. The van der Waals surface area contributed by atoms with E-state index in [1.807, 2.05) is 31.2 Å². The summed E-state index contributed by atoms with van der Waals surface area (Å²) in [5.74, 6) is -2.09. The van der Waals surface area contributed by atoms with Gasteiger partial charge in [0, 0.05) is 24.2 Å². The monoisotopic (exact) mass is 440 g/mol. The lowest BCUT2D eigenvalue weighted by atomic mass is 10.1. The predicted molar refractivity (Wildman–Crippen MR) is 112 cm³/mol. The van der Waals surface area contributed by atoms with Gasteiger partial charge in [0.15, 0.2) is 13.2 Å². The number of ether oxygens (including phenoxy) is 1. The van der Waals surface area contributed by atoms with Gasteiger partial charge in [-0.1, -0.05) is 29.8 Å². The van der Waals surface area contributed by atoms with Crippen molar-refractivity contribution in [3.63, 3.8) is 0 Å². The van der Waals surface area contributed by atoms with Gasteiger partial charge in [-0.15, -0.1) is 10.2 Å². The van der Waals surface area contributed by atoms with Crippen LogP contribution >= 0.6 is 0 Å². The highest BCUT2D eigenvalue weighted by atomic mass is 19.1. The molecule has 0 radical (unpaired) electrons. The number of nitrogens with zero attached hydrogens (tertiary/aromatic N) is 5. The molecule has 3 aromatic rings. The predicted octanol–water partition coefficient (Wildman–Crippen LogP) is 1.24. The summed E-state index contributed by atoms with van der Waals surface area (Å²) in [5, 5.41) is 11.8. The molecule has 1 aromatic heterocycles. The Bertz CT molecular complexity index is 1100. The van der Waals surface area contributed by atoms with Crippen molar-refractivity contribution in [1.29, 1.82) is 0 Å². The van der Waals surface area contributed by atoms with Gasteiger partial charge in [0.1, 0.15) is 5.82 Å². The van der Waals surface area contributed by atoms with Crippen LogP contribution in [-0.4, -0.2) is 51.1 Å². The molecule has 166 valence electrons. The van der Waals surface area contributed by atoms with Crippen LogP contribution < -0.4 is 10.6 Å². The van der Waals surface area contributed by atoms with E-state index < -0.39 is 30.2 Å². The van der Waals surface area contributed by atoms with Gasteiger partial charge < -0.3 is 15.4 Å². The van der Waals surface area contributed by atoms with Crippen molar-refractivity contribution in [2.24, 2.45) is 5.73 Å². The highest BCUT2D eigenvalue weighted by Gasteiger charge is 2.19. The first kappa shape index (κ1) is 22.5. The van der Waals surface area contributed by atoms with Crippen LogP contribution in [0.4, 0.5) is 10.1 Å². The van der Waals surface area contributed by atoms with Gasteiger partial charge in [0.2, 0.25) is 11.7 Å². The molecule has 0 bridgehead atoms. The minimum Gasteiger partial charge on any atom is -0.454 e. The molecule has 0 saturated carbocycles. The highest BCUT2D eigenvalue weighted by molar-refractivity contribution is 5.95. The fourth-order valence-corrected chi connectivity index (χ4v) is 2.75. The first-order chi connectivity index (χ1) is 15.3. The number of halogens is 1. The van der Waals surface area contributed by atoms with Gasteiger partial charge in [-0.3, -0.25) is 9.59 Å². The first-order valence-electron chi connectivity index (χ1n) is 9.66. The molecule has 0 aliphatic carbocycles. The van der Waals surface area contributed by atoms with E-state index in [-0.39, 0.29) is 19.5 Å². The molecule has 2 N–H and O–H groups in total. The van der Waals surface area contributed by atoms with Crippen molar-refractivity contribution in [3.05, 3.63) is 59.9 Å². The average molecular weight is 440 g/mol. The first-order valence-corrected chi connectivity index (χ1v) is 9.66. The number of aryl methyl sites for hydroxylation is 1. The molecule has 0 fully saturated rings. The normalized spacial score (nSPS) is 10.6. The number of rotatable bonds is 9. The van der Waals surface area contributed by atoms with Crippen LogP contribution in [0.5, 0.6) is 0 Å². The Morgan fingerprint density at radius 3 is 2.44 bits per heavy atom. The molecular weight excluding hydrogens is 419 g/mol. The number of amides is 2. The number of benzene rings is 2. The van der Waals surface area contributed by atoms with Crippen LogP contribution in [0, 0.1) is 12.7 Å². The second kappa shape index (κ2) is 10.2. The number of hydrogen-bond donors (Lipinski definition) is 1. The minimum absolute atomic E-state index is 0.0398. The average Bonchev–Trinajstić information content (AvgIpc) is 3.22. The summed E-state index contributed by atoms with van der Waals surface area (Å²) in [5.41, 5.74) is 7.33. The summed E-state index contributed by atoms with van der Waals surface area (Å²) < 4.78 is 18.2. The molecule has 0 atom stereocenters. The SMILES string of the molecule is Cc1ccc(-c2nnn(CC(=O)OCC(=O)N(CCC(N)=O)c3ccc(F)cc3)n2)cc1. The Kier molecular flexibility index (Phi) is 7.21. The molecule has 0 unspecified atom stereocenters. The number of aromatic nitrogens is 4. The number of carbonyl (C=O) groups is 3. The zero-order valence-corrected chi connectivity index (χ0v) is 17.3. The van der Waals surface area contributed by atoms with E-state index in [4.69, 9.17) is 10.5 Å². The zero-order valence-electron chi connectivity index (χ0n) is 17.3. The lowest BCUT2D eigenvalue weighted by molar-refractivity contribution is -0.148. The van der Waals surface area contributed by atoms with Crippen molar-refractivity contribution < 1.29 is 23.5 Å². The number of primary amides is 1. The third-order valence-electron chi connectivity index (χ3n) is 4.41. The highest BCUT2D eigenvalue weighted by Crippen LogP contribution is 2.16. The van der Waals surface area contributed by atoms with Crippen LogP contribution in [0.1, 0.15) is 12.0 Å². The molecule has 10 nitrogen and oxygen atoms in total. The van der Waals surface area contributed by atoms with Gasteiger partial charge in [-0.05, 0) is 36.4 Å². The summed E-state index contributed by atoms with van der Waals surface area (Å²) in [4.78, 5) is 38.1. The van der Waals surface area contributed by atoms with E-state index in [1.165, 1.54) is 29.2 Å². The third kappa shape index (κ3) is 6.17. The molecule has 2 amide bonds. The number of hydrogen-bond acceptors (Lipinski definition) is 7. The standard InChI is InChI=1S/C21H21FN6O4/c1-14-2-4-15(5-3-14)21-24-26-28(25-21)12-20(31)32-13-19(30)27(11-10-18(23)29)17-8-6-16(22)7-9-17/h2-9H,10-13H2,1H3,(H2,23,29). The van der Waals surface area contributed by atoms with Gasteiger partial charge in [0.25, 0.3) is 5.91 Å². The molecule has 0 saturated heterocycles. The smallest absolute Gasteiger partial charge is 0.330 e. The van der Waals surface area contributed by atoms with E-state index in [0.717, 1.165) is 15.9 Å². The Morgan fingerprint density at radius 1 is 1.09 bits per heavy atom. The molecule has 1 heterocycles. The lowest BCUT2D eigenvalue weighted by Gasteiger charge is -2.22. The molecule has 11 heteroatoms. The molecule has 0 aliphatic heterocycles. The van der Waals surface area contributed by atoms with Crippen molar-refractivity contribution in [3.8, 4) is 11.4 Å². The van der Waals surface area contributed by atoms with Crippen LogP contribution in [0.15, 0.2) is 48.5 Å². The van der Waals surface area contributed by atoms with Crippen molar-refractivity contribution in [2.75, 3.05) is 18.1 Å². The van der Waals surface area contributed by atoms with E-state index in [0.29, 0.717) is 11.5 Å². The second-order valence-electron chi connectivity index (χ2n) is 6.91. The van der Waals surface area contributed by atoms with Crippen molar-refractivity contribution >= 4 is 23.5 Å². The van der Waals surface area contributed by atoms with Crippen LogP contribution in [-0.2, 0) is 25.7 Å². The number of esters is 1. The summed E-state index contributed by atoms with van der Waals surface area (Å²) in [7, 11) is 0. The maximum Gasteiger partial charge on any atom is 0.330 e. The fraction of sp³-hybridized carbons (Fsp3) is 0.238. The Hall–Kier alpha value is -4.15. The number of tetrazole rings is 1. The van der Waals surface area contributed by atoms with Crippen LogP contribution in [0.25, 0.3) is 11.4 Å². The summed E-state index contributed by atoms with van der Waals surface area (Å²) in [6, 6.07) is 12.6. The van der Waals surface area contributed by atoms with E-state index in [1.54, 1.807) is 0 Å². The molecule has 0 spiro atoms. The fourth-order valence-electron chi connectivity index (χ4n) is 2.75. The summed E-state index contributed by atoms with van der Waals surface area (Å²) >= 11 is 0. The van der Waals surface area contributed by atoms with E-state index in [9.17, 15) is 18.8 Å². The number of nitrogens with two attached hydrogens (primary N) is 1. The van der Waals surface area contributed by atoms with Crippen molar-refractivity contribution in [2.45, 2.75) is 19.9 Å². The topological polar surface area (TPSA) is 133 Å². The summed E-state index contributed by atoms with van der Waals surface area (Å²) in [6.07, 6.45) is -0.109. The van der Waals surface area contributed by atoms with Crippen LogP contribution in [0.2, 0.25) is 0 Å². The molecular formula is C21H21FN6O4. The lowest BCUT2D eigenvalue weighted by Crippen LogP contribution is -2.37. The van der Waals surface area contributed by atoms with Gasteiger partial charge in [-0.2, -0.15) is 4.80 Å². The zero-order chi connectivity index (χ0) is 23.1. The quantitative estimate of drug-likeness (QED) is 0.495. The second-order valence-corrected chi connectivity index (χ2v) is 6.91. The van der Waals surface area contributed by atoms with E-state index >= 15 is 0 Å². The number of carbonyl (C=O) groups excluding carboxylic acids is 3. The van der Waals surface area contributed by atoms with Gasteiger partial charge >= 0.3 is 5.97 Å². The maximum atomic E-state index is 13.2. The molecule has 3 rings (SSSR count). The molecule has 0 aliphatic rings. The Morgan fingerprint density at radius 2 is 1.78 bits per heavy atom. The largest absolute Gasteiger partial charge is 0.454 e. The number of anilines is 1. The minimum atomic E-state index is -0.750. The van der Waals surface area contributed by atoms with E-state index in [2.05, 4.69) is 15.4 Å². The Labute approximate surface area is 182 Å². The summed E-state index contributed by atoms with van der Waals surface area (Å²) in [6.45, 7) is 0.983. The molecule has 2 aromatic carbocycles. The van der Waals surface area contributed by atoms with Gasteiger partial charge in [-0.25, -0.2) is 9.18 Å². The van der Waals surface area contributed by atoms with Gasteiger partial charge in [0.05, 0.1) is 0 Å². The third-order valence-corrected chi connectivity index (χ3v) is 4.41. The van der Waals surface area contributed by atoms with Crippen LogP contribution in [0.3, 0.4) is 0 Å². The van der Waals surface area contributed by atoms with Crippen molar-refractivity contribution in [1.82, 2.24) is 20.2 Å².